The Kier molecular flexibility index (Phi) is 4.51. The molecular weight excluding hydrogens is 336 g/mol. The van der Waals surface area contributed by atoms with Crippen molar-refractivity contribution in [3.05, 3.63) is 100 Å². The Morgan fingerprint density at radius 2 is 1.63 bits per heavy atom. The van der Waals surface area contributed by atoms with Gasteiger partial charge in [-0.15, -0.1) is 0 Å². The maximum absolute atomic E-state index is 12.6. The number of ketones is 1. The molecule has 0 unspecified atom stereocenters. The highest BCUT2D eigenvalue weighted by atomic mass is 16.5. The van der Waals surface area contributed by atoms with Gasteiger partial charge in [-0.3, -0.25) is 4.79 Å². The van der Waals surface area contributed by atoms with E-state index in [0.717, 1.165) is 28.0 Å². The number of benzene rings is 3. The second-order valence-corrected chi connectivity index (χ2v) is 6.72. The fourth-order valence-electron chi connectivity index (χ4n) is 3.00. The van der Waals surface area contributed by atoms with Gasteiger partial charge in [0, 0.05) is 0 Å². The smallest absolute Gasteiger partial charge is 0.231 e. The van der Waals surface area contributed by atoms with Crippen LogP contribution >= 0.6 is 0 Å². The minimum atomic E-state index is -0.0718. The van der Waals surface area contributed by atoms with Crippen LogP contribution in [0.5, 0.6) is 11.5 Å². The van der Waals surface area contributed by atoms with E-state index in [1.807, 2.05) is 80.6 Å². The summed E-state index contributed by atoms with van der Waals surface area (Å²) in [5, 5.41) is 0. The molecule has 4 rings (SSSR count). The molecule has 0 saturated carbocycles. The number of rotatable bonds is 4. The Morgan fingerprint density at radius 1 is 0.926 bits per heavy atom. The number of fused-ring (bicyclic) bond motifs is 1. The Labute approximate surface area is 158 Å². The van der Waals surface area contributed by atoms with E-state index in [1.165, 1.54) is 0 Å². The number of hydrogen-bond acceptors (Lipinski definition) is 3. The topological polar surface area (TPSA) is 35.5 Å². The number of hydrogen-bond donors (Lipinski definition) is 0. The van der Waals surface area contributed by atoms with Crippen LogP contribution in [0.2, 0.25) is 0 Å². The zero-order valence-corrected chi connectivity index (χ0v) is 15.4. The standard InChI is InChI=1S/C24H20O3/c1-16-12-21-22(13-17(16)2)27-23(24(21)25)14-18-8-10-20(11-9-18)26-15-19-6-4-3-5-7-19/h3-14H,15H2,1-2H3/b23-14-. The maximum Gasteiger partial charge on any atom is 0.231 e. The fraction of sp³-hybridized carbons (Fsp3) is 0.125. The van der Waals surface area contributed by atoms with E-state index in [0.29, 0.717) is 23.7 Å². The molecule has 0 spiro atoms. The monoisotopic (exact) mass is 356 g/mol. The molecule has 0 N–H and O–H groups in total. The maximum atomic E-state index is 12.6. The predicted octanol–water partition coefficient (Wildman–Crippen LogP) is 5.50. The molecular formula is C24H20O3. The van der Waals surface area contributed by atoms with Gasteiger partial charge in [0.1, 0.15) is 18.1 Å². The van der Waals surface area contributed by atoms with Gasteiger partial charge < -0.3 is 9.47 Å². The molecule has 3 aromatic carbocycles. The molecule has 0 bridgehead atoms. The van der Waals surface area contributed by atoms with Crippen molar-refractivity contribution in [3.8, 4) is 11.5 Å². The summed E-state index contributed by atoms with van der Waals surface area (Å²) < 4.78 is 11.6. The van der Waals surface area contributed by atoms with Crippen molar-refractivity contribution >= 4 is 11.9 Å². The van der Waals surface area contributed by atoms with Crippen LogP contribution in [0.1, 0.15) is 32.6 Å². The normalized spacial score (nSPS) is 14.1. The summed E-state index contributed by atoms with van der Waals surface area (Å²) in [5.41, 5.74) is 4.85. The average molecular weight is 356 g/mol. The first kappa shape index (κ1) is 17.1. The molecule has 1 aliphatic heterocycles. The van der Waals surface area contributed by atoms with Crippen molar-refractivity contribution in [2.75, 3.05) is 0 Å². The first-order valence-corrected chi connectivity index (χ1v) is 8.92. The minimum absolute atomic E-state index is 0.0718. The molecule has 0 atom stereocenters. The Morgan fingerprint density at radius 3 is 2.37 bits per heavy atom. The van der Waals surface area contributed by atoms with E-state index in [9.17, 15) is 4.79 Å². The zero-order valence-electron chi connectivity index (χ0n) is 15.4. The van der Waals surface area contributed by atoms with Crippen LogP contribution in [-0.2, 0) is 6.61 Å². The number of Topliss-reactive ketones (excluding diaryl/α,β-unsaturated/α-hetero) is 1. The highest BCUT2D eigenvalue weighted by Gasteiger charge is 2.27. The summed E-state index contributed by atoms with van der Waals surface area (Å²) in [6.07, 6.45) is 1.77. The Balaban J connectivity index is 1.47. The van der Waals surface area contributed by atoms with Gasteiger partial charge in [-0.25, -0.2) is 0 Å². The summed E-state index contributed by atoms with van der Waals surface area (Å²) in [6.45, 7) is 4.54. The second kappa shape index (κ2) is 7.12. The molecule has 3 heteroatoms. The first-order chi connectivity index (χ1) is 13.1. The van der Waals surface area contributed by atoms with Crippen molar-refractivity contribution in [1.29, 1.82) is 0 Å². The van der Waals surface area contributed by atoms with Crippen LogP contribution in [0.4, 0.5) is 0 Å². The number of carbonyl (C=O) groups is 1. The summed E-state index contributed by atoms with van der Waals surface area (Å²) in [4.78, 5) is 12.6. The molecule has 27 heavy (non-hydrogen) atoms. The number of aryl methyl sites for hydroxylation is 2. The third kappa shape index (κ3) is 3.63. The third-order valence-electron chi connectivity index (χ3n) is 4.71. The van der Waals surface area contributed by atoms with Gasteiger partial charge in [-0.2, -0.15) is 0 Å². The van der Waals surface area contributed by atoms with Crippen LogP contribution in [-0.4, -0.2) is 5.78 Å². The van der Waals surface area contributed by atoms with E-state index >= 15 is 0 Å². The lowest BCUT2D eigenvalue weighted by atomic mass is 10.0. The quantitative estimate of drug-likeness (QED) is 0.579. The summed E-state index contributed by atoms with van der Waals surface area (Å²) in [6, 6.07) is 21.5. The molecule has 0 radical (unpaired) electrons. The first-order valence-electron chi connectivity index (χ1n) is 8.92. The lowest BCUT2D eigenvalue weighted by Crippen LogP contribution is -1.98. The van der Waals surface area contributed by atoms with Crippen molar-refractivity contribution in [3.63, 3.8) is 0 Å². The lowest BCUT2D eigenvalue weighted by Gasteiger charge is -2.06. The van der Waals surface area contributed by atoms with Crippen LogP contribution in [0, 0.1) is 13.8 Å². The molecule has 3 nitrogen and oxygen atoms in total. The van der Waals surface area contributed by atoms with Gasteiger partial charge in [0.05, 0.1) is 5.56 Å². The molecule has 0 fully saturated rings. The van der Waals surface area contributed by atoms with Crippen molar-refractivity contribution in [1.82, 2.24) is 0 Å². The average Bonchev–Trinajstić information content (AvgIpc) is 2.97. The predicted molar refractivity (Wildman–Crippen MR) is 106 cm³/mol. The molecule has 0 amide bonds. The Bertz CT molecular complexity index is 1020. The van der Waals surface area contributed by atoms with Crippen LogP contribution in [0.15, 0.2) is 72.5 Å². The van der Waals surface area contributed by atoms with Crippen LogP contribution < -0.4 is 9.47 Å². The van der Waals surface area contributed by atoms with Crippen molar-refractivity contribution < 1.29 is 14.3 Å². The van der Waals surface area contributed by atoms with E-state index in [1.54, 1.807) is 6.08 Å². The van der Waals surface area contributed by atoms with E-state index in [4.69, 9.17) is 9.47 Å². The number of allylic oxidation sites excluding steroid dienone is 1. The van der Waals surface area contributed by atoms with Gasteiger partial charge in [0.15, 0.2) is 5.76 Å². The van der Waals surface area contributed by atoms with Gasteiger partial charge in [0.25, 0.3) is 0 Å². The van der Waals surface area contributed by atoms with E-state index in [-0.39, 0.29) is 5.78 Å². The van der Waals surface area contributed by atoms with Crippen molar-refractivity contribution in [2.24, 2.45) is 0 Å². The van der Waals surface area contributed by atoms with Crippen LogP contribution in [0.3, 0.4) is 0 Å². The molecule has 0 aromatic heterocycles. The van der Waals surface area contributed by atoms with Gasteiger partial charge in [0.2, 0.25) is 5.78 Å². The van der Waals surface area contributed by atoms with E-state index < -0.39 is 0 Å². The Hall–Kier alpha value is -3.33. The molecule has 0 aliphatic carbocycles. The highest BCUT2D eigenvalue weighted by Crippen LogP contribution is 2.34. The highest BCUT2D eigenvalue weighted by molar-refractivity contribution is 6.14. The summed E-state index contributed by atoms with van der Waals surface area (Å²) in [5.74, 6) is 1.71. The summed E-state index contributed by atoms with van der Waals surface area (Å²) in [7, 11) is 0. The fourth-order valence-corrected chi connectivity index (χ4v) is 3.00. The largest absolute Gasteiger partial charge is 0.489 e. The number of ether oxygens (including phenoxy) is 2. The summed E-state index contributed by atoms with van der Waals surface area (Å²) >= 11 is 0. The second-order valence-electron chi connectivity index (χ2n) is 6.72. The minimum Gasteiger partial charge on any atom is -0.489 e. The zero-order chi connectivity index (χ0) is 18.8. The SMILES string of the molecule is Cc1cc2c(cc1C)C(=O)/C(=C/c1ccc(OCc3ccccc3)cc1)O2. The third-order valence-corrected chi connectivity index (χ3v) is 4.71. The van der Waals surface area contributed by atoms with Gasteiger partial charge in [-0.05, 0) is 66.4 Å². The van der Waals surface area contributed by atoms with Gasteiger partial charge in [-0.1, -0.05) is 42.5 Å². The molecule has 1 heterocycles. The molecule has 3 aromatic rings. The lowest BCUT2D eigenvalue weighted by molar-refractivity contribution is 0.101. The molecule has 0 saturated heterocycles. The van der Waals surface area contributed by atoms with Crippen molar-refractivity contribution in [2.45, 2.75) is 20.5 Å². The molecule has 134 valence electrons. The van der Waals surface area contributed by atoms with Gasteiger partial charge >= 0.3 is 0 Å². The van der Waals surface area contributed by atoms with E-state index in [2.05, 4.69) is 0 Å². The molecule has 1 aliphatic rings. The van der Waals surface area contributed by atoms with Crippen LogP contribution in [0.25, 0.3) is 6.08 Å². The number of carbonyl (C=O) groups excluding carboxylic acids is 1.